The van der Waals surface area contributed by atoms with Gasteiger partial charge in [-0.05, 0) is 66.1 Å². The van der Waals surface area contributed by atoms with Crippen molar-refractivity contribution in [3.8, 4) is 28.3 Å². The molecule has 0 radical (unpaired) electrons. The second-order valence-corrected chi connectivity index (χ2v) is 11.0. The summed E-state index contributed by atoms with van der Waals surface area (Å²) >= 11 is 0. The van der Waals surface area contributed by atoms with Crippen LogP contribution in [0.2, 0.25) is 0 Å². The minimum Gasteiger partial charge on any atom is -0.442 e. The number of rotatable bonds is 8. The van der Waals surface area contributed by atoms with Gasteiger partial charge in [0.15, 0.2) is 11.3 Å². The smallest absolute Gasteiger partial charge is 0.442 e. The zero-order chi connectivity index (χ0) is 33.3. The van der Waals surface area contributed by atoms with E-state index in [0.717, 1.165) is 5.56 Å². The zero-order valence-corrected chi connectivity index (χ0v) is 25.0. The first-order chi connectivity index (χ1) is 22.5. The van der Waals surface area contributed by atoms with Gasteiger partial charge in [-0.25, -0.2) is 19.6 Å². The lowest BCUT2D eigenvalue weighted by molar-refractivity contribution is -0.274. The number of oxazole rings is 1. The van der Waals surface area contributed by atoms with Gasteiger partial charge in [0.1, 0.15) is 17.7 Å². The summed E-state index contributed by atoms with van der Waals surface area (Å²) in [6.45, 7) is 11.5. The van der Waals surface area contributed by atoms with Crippen molar-refractivity contribution >= 4 is 34.6 Å². The Morgan fingerprint density at radius 3 is 2.53 bits per heavy atom. The van der Waals surface area contributed by atoms with E-state index < -0.39 is 18.6 Å². The summed E-state index contributed by atoms with van der Waals surface area (Å²) in [6.07, 6.45) is -4.84. The lowest BCUT2D eigenvalue weighted by Gasteiger charge is -2.15. The van der Waals surface area contributed by atoms with E-state index in [1.54, 1.807) is 42.5 Å². The highest BCUT2D eigenvalue weighted by molar-refractivity contribution is 5.95. The monoisotopic (exact) mass is 641 g/mol. The van der Waals surface area contributed by atoms with Crippen LogP contribution in [0.3, 0.4) is 0 Å². The number of anilines is 1. The number of aromatic nitrogens is 2. The van der Waals surface area contributed by atoms with E-state index in [0.29, 0.717) is 39.4 Å². The maximum Gasteiger partial charge on any atom is 0.573 e. The van der Waals surface area contributed by atoms with Crippen LogP contribution in [-0.4, -0.2) is 47.5 Å². The van der Waals surface area contributed by atoms with E-state index in [1.807, 2.05) is 13.8 Å². The molecule has 3 aromatic carbocycles. The van der Waals surface area contributed by atoms with Crippen molar-refractivity contribution in [1.82, 2.24) is 15.3 Å². The average molecular weight is 642 g/mol. The lowest BCUT2D eigenvalue weighted by Crippen LogP contribution is -2.34. The van der Waals surface area contributed by atoms with Crippen molar-refractivity contribution in [2.24, 2.45) is 0 Å². The molecular formula is C34H26F3N5O5. The van der Waals surface area contributed by atoms with Gasteiger partial charge in [-0.15, -0.1) is 13.2 Å². The number of para-hydroxylation sites is 1. The fraction of sp³-hybridized carbons (Fsp3) is 0.206. The zero-order valence-electron chi connectivity index (χ0n) is 25.0. The second kappa shape index (κ2) is 12.5. The van der Waals surface area contributed by atoms with Crippen molar-refractivity contribution in [2.45, 2.75) is 32.2 Å². The lowest BCUT2D eigenvalue weighted by atomic mass is 10.0. The number of benzene rings is 3. The van der Waals surface area contributed by atoms with E-state index in [2.05, 4.69) is 24.9 Å². The molecule has 1 aliphatic heterocycles. The summed E-state index contributed by atoms with van der Waals surface area (Å²) in [4.78, 5) is 39.1. The van der Waals surface area contributed by atoms with Crippen LogP contribution in [0, 0.1) is 6.57 Å². The minimum atomic E-state index is -4.85. The van der Waals surface area contributed by atoms with E-state index >= 15 is 0 Å². The molecule has 0 spiro atoms. The Morgan fingerprint density at radius 2 is 1.85 bits per heavy atom. The Bertz CT molecular complexity index is 2000. The van der Waals surface area contributed by atoms with Gasteiger partial charge in [0.05, 0.1) is 25.2 Å². The predicted octanol–water partition coefficient (Wildman–Crippen LogP) is 7.88. The van der Waals surface area contributed by atoms with Gasteiger partial charge >= 0.3 is 12.5 Å². The number of alkyl halides is 3. The average Bonchev–Trinajstić information content (AvgIpc) is 3.66. The number of halogens is 3. The van der Waals surface area contributed by atoms with E-state index in [4.69, 9.17) is 15.7 Å². The van der Waals surface area contributed by atoms with Crippen molar-refractivity contribution in [3.63, 3.8) is 0 Å². The molecule has 1 N–H and O–H groups in total. The molecule has 13 heteroatoms. The molecule has 47 heavy (non-hydrogen) atoms. The number of carbonyl (C=O) groups excluding carboxylic acids is 2. The molecule has 6 rings (SSSR count). The first-order valence-electron chi connectivity index (χ1n) is 14.5. The van der Waals surface area contributed by atoms with Crippen LogP contribution in [-0.2, 0) is 4.74 Å². The van der Waals surface area contributed by atoms with E-state index in [1.165, 1.54) is 41.4 Å². The Hall–Kier alpha value is -5.90. The van der Waals surface area contributed by atoms with Gasteiger partial charge in [-0.2, -0.15) is 0 Å². The molecule has 10 nitrogen and oxygen atoms in total. The molecule has 2 aromatic heterocycles. The van der Waals surface area contributed by atoms with Gasteiger partial charge in [-0.3, -0.25) is 9.69 Å². The Morgan fingerprint density at radius 1 is 1.11 bits per heavy atom. The molecule has 1 aliphatic rings. The molecule has 0 bridgehead atoms. The number of carbonyl (C=O) groups is 2. The number of fused-ring (bicyclic) bond motifs is 1. The second-order valence-electron chi connectivity index (χ2n) is 11.0. The summed E-state index contributed by atoms with van der Waals surface area (Å²) in [5, 5.41) is 2.77. The summed E-state index contributed by atoms with van der Waals surface area (Å²) in [7, 11) is 0. The Labute approximate surface area is 266 Å². The third kappa shape index (κ3) is 6.72. The number of hydrogen-bond donors (Lipinski definition) is 1. The molecule has 2 amide bonds. The standard InChI is InChI=1S/C34H26F3N5O5/c1-19(2)26-14-23(38-3)15-27-30(26)46-32(41-27)21-10-8-20(9-11-21)31(43)40-17-24-18-42(33(44)45-24)29-13-12-22(16-39-29)25-6-4-5-7-28(25)47-34(35,36)37/h4-16,19,24H,17-18H2,1-2H3,(H,40,43). The van der Waals surface area contributed by atoms with Crippen LogP contribution < -0.4 is 15.0 Å². The number of pyridine rings is 1. The minimum absolute atomic E-state index is 0.0373. The molecule has 3 heterocycles. The van der Waals surface area contributed by atoms with E-state index in [-0.39, 0.29) is 42.0 Å². The van der Waals surface area contributed by atoms with Crippen LogP contribution in [0.15, 0.2) is 83.4 Å². The maximum absolute atomic E-state index is 12.9. The van der Waals surface area contributed by atoms with Gasteiger partial charge in [-0.1, -0.05) is 32.0 Å². The van der Waals surface area contributed by atoms with Crippen molar-refractivity contribution in [2.75, 3.05) is 18.0 Å². The number of nitrogens with one attached hydrogen (secondary N) is 1. The van der Waals surface area contributed by atoms with Crippen LogP contribution in [0.5, 0.6) is 5.75 Å². The first-order valence-corrected chi connectivity index (χ1v) is 14.5. The highest BCUT2D eigenvalue weighted by Crippen LogP contribution is 2.35. The topological polar surface area (TPSA) is 111 Å². The molecule has 0 saturated carbocycles. The number of hydrogen-bond acceptors (Lipinski definition) is 7. The number of amides is 2. The quantitative estimate of drug-likeness (QED) is 0.172. The summed E-state index contributed by atoms with van der Waals surface area (Å²) in [6, 6.07) is 18.9. The SMILES string of the molecule is [C-]#[N+]c1cc(C(C)C)c2oc(-c3ccc(C(=O)NCC4CN(c5ccc(-c6ccccc6OC(F)(F)F)cn5)C(=O)O4)cc3)nc2c1. The van der Waals surface area contributed by atoms with Crippen molar-refractivity contribution in [1.29, 1.82) is 0 Å². The van der Waals surface area contributed by atoms with Crippen molar-refractivity contribution in [3.05, 3.63) is 102 Å². The summed E-state index contributed by atoms with van der Waals surface area (Å²) in [5.74, 6) is -0.0121. The Balaban J connectivity index is 1.08. The normalized spacial score (nSPS) is 14.7. The molecule has 0 aliphatic carbocycles. The molecule has 5 aromatic rings. The highest BCUT2D eigenvalue weighted by Gasteiger charge is 2.34. The molecule has 1 unspecified atom stereocenters. The molecular weight excluding hydrogens is 615 g/mol. The molecule has 1 atom stereocenters. The fourth-order valence-electron chi connectivity index (χ4n) is 5.17. The molecule has 238 valence electrons. The largest absolute Gasteiger partial charge is 0.573 e. The number of cyclic esters (lactones) is 1. The predicted molar refractivity (Wildman–Crippen MR) is 166 cm³/mol. The van der Waals surface area contributed by atoms with Gasteiger partial charge in [0, 0.05) is 28.5 Å². The maximum atomic E-state index is 12.9. The van der Waals surface area contributed by atoms with E-state index in [9.17, 15) is 22.8 Å². The number of ether oxygens (including phenoxy) is 2. The highest BCUT2D eigenvalue weighted by atomic mass is 19.4. The molecule has 1 fully saturated rings. The van der Waals surface area contributed by atoms with Crippen molar-refractivity contribution < 1.29 is 36.7 Å². The Kier molecular flexibility index (Phi) is 8.25. The first kappa shape index (κ1) is 31.1. The van der Waals surface area contributed by atoms with Gasteiger partial charge in [0.2, 0.25) is 5.89 Å². The third-order valence-corrected chi connectivity index (χ3v) is 7.46. The van der Waals surface area contributed by atoms with Crippen LogP contribution in [0.1, 0.15) is 35.7 Å². The summed E-state index contributed by atoms with van der Waals surface area (Å²) < 4.78 is 54.0. The molecule has 1 saturated heterocycles. The van der Waals surface area contributed by atoms with Crippen LogP contribution in [0.25, 0.3) is 38.5 Å². The van der Waals surface area contributed by atoms with Gasteiger partial charge in [0.25, 0.3) is 5.91 Å². The third-order valence-electron chi connectivity index (χ3n) is 7.46. The number of nitrogens with zero attached hydrogens (tertiary/aromatic N) is 4. The fourth-order valence-corrected chi connectivity index (χ4v) is 5.17. The summed E-state index contributed by atoms with van der Waals surface area (Å²) in [5.41, 5.74) is 4.17. The van der Waals surface area contributed by atoms with Crippen LogP contribution in [0.4, 0.5) is 29.5 Å². The van der Waals surface area contributed by atoms with Gasteiger partial charge < -0.3 is 19.2 Å². The van der Waals surface area contributed by atoms with Crippen LogP contribution >= 0.6 is 0 Å².